The number of halogens is 3. The van der Waals surface area contributed by atoms with Gasteiger partial charge in [-0.3, -0.25) is 4.68 Å². The summed E-state index contributed by atoms with van der Waals surface area (Å²) < 4.78 is 55.5. The van der Waals surface area contributed by atoms with E-state index in [4.69, 9.17) is 9.47 Å². The number of alkyl carbamates (subject to hydrolysis) is 1. The van der Waals surface area contributed by atoms with Gasteiger partial charge in [0.25, 0.3) is 0 Å². The normalized spacial score (nSPS) is 12.1. The van der Waals surface area contributed by atoms with E-state index < -0.39 is 18.1 Å². The van der Waals surface area contributed by atoms with Crippen LogP contribution < -0.4 is 10.1 Å². The number of alkyl halides is 3. The van der Waals surface area contributed by atoms with E-state index in [1.165, 1.54) is 28.9 Å². The summed E-state index contributed by atoms with van der Waals surface area (Å²) in [7, 11) is 1.61. The van der Waals surface area contributed by atoms with Gasteiger partial charge in [0.2, 0.25) is 0 Å². The average molecular weight is 533 g/mol. The number of methoxy groups -OCH3 is 1. The quantitative estimate of drug-likeness (QED) is 0.346. The number of nitrogens with zero attached hydrogens (tertiary/aromatic N) is 5. The van der Waals surface area contributed by atoms with Crippen LogP contribution in [0.4, 0.5) is 18.0 Å². The van der Waals surface area contributed by atoms with Crippen LogP contribution >= 0.6 is 0 Å². The maximum Gasteiger partial charge on any atom is 0.573 e. The Bertz CT molecular complexity index is 1410. The molecule has 0 saturated carbocycles. The summed E-state index contributed by atoms with van der Waals surface area (Å²) in [5.74, 6) is -0.360. The summed E-state index contributed by atoms with van der Waals surface area (Å²) in [4.78, 5) is 16.8. The third kappa shape index (κ3) is 6.59. The van der Waals surface area contributed by atoms with Gasteiger partial charge in [-0.05, 0) is 56.7 Å². The van der Waals surface area contributed by atoms with E-state index in [1.54, 1.807) is 45.0 Å². The molecule has 4 rings (SSSR count). The first-order chi connectivity index (χ1) is 17.9. The molecule has 202 valence electrons. The van der Waals surface area contributed by atoms with Crippen molar-refractivity contribution in [1.82, 2.24) is 29.9 Å². The number of aromatic nitrogens is 5. The first-order valence-electron chi connectivity index (χ1n) is 11.6. The van der Waals surface area contributed by atoms with Crippen LogP contribution in [0.5, 0.6) is 5.75 Å². The SMILES string of the molecule is COCCn1cc(-c2ccnc3c2c(CNC(=O)OC(C)(C)C)nn3-c2ccc(OC(F)(F)F)cc2)cn1. The molecular weight excluding hydrogens is 505 g/mol. The molecule has 0 saturated heterocycles. The second-order valence-electron chi connectivity index (χ2n) is 9.30. The molecular formula is C25H27F3N6O4. The van der Waals surface area contributed by atoms with Gasteiger partial charge in [0.1, 0.15) is 11.4 Å². The fourth-order valence-electron chi connectivity index (χ4n) is 3.73. The molecule has 1 aromatic carbocycles. The minimum absolute atomic E-state index is 0.0180. The van der Waals surface area contributed by atoms with Crippen molar-refractivity contribution >= 4 is 17.1 Å². The molecule has 0 aliphatic carbocycles. The molecule has 0 aliphatic heterocycles. The van der Waals surface area contributed by atoms with E-state index in [0.717, 1.165) is 11.1 Å². The summed E-state index contributed by atoms with van der Waals surface area (Å²) in [5.41, 5.74) is 2.25. The van der Waals surface area contributed by atoms with Crippen LogP contribution in [-0.2, 0) is 22.6 Å². The molecule has 0 unspecified atom stereocenters. The van der Waals surface area contributed by atoms with Gasteiger partial charge < -0.3 is 19.5 Å². The van der Waals surface area contributed by atoms with Crippen LogP contribution in [0.3, 0.4) is 0 Å². The molecule has 0 bridgehead atoms. The number of hydrogen-bond donors (Lipinski definition) is 1. The Morgan fingerprint density at radius 3 is 2.50 bits per heavy atom. The lowest BCUT2D eigenvalue weighted by molar-refractivity contribution is -0.274. The van der Waals surface area contributed by atoms with Gasteiger partial charge in [-0.1, -0.05) is 0 Å². The second-order valence-corrected chi connectivity index (χ2v) is 9.30. The molecule has 4 aromatic rings. The van der Waals surface area contributed by atoms with Crippen molar-refractivity contribution in [3.63, 3.8) is 0 Å². The maximum atomic E-state index is 12.6. The lowest BCUT2D eigenvalue weighted by Gasteiger charge is -2.19. The second kappa shape index (κ2) is 10.7. The zero-order valence-corrected chi connectivity index (χ0v) is 21.2. The molecule has 1 amide bonds. The summed E-state index contributed by atoms with van der Waals surface area (Å²) in [6.07, 6.45) is -0.249. The van der Waals surface area contributed by atoms with E-state index in [9.17, 15) is 18.0 Å². The minimum atomic E-state index is -4.80. The molecule has 0 spiro atoms. The number of ether oxygens (including phenoxy) is 3. The van der Waals surface area contributed by atoms with E-state index in [1.807, 2.05) is 12.3 Å². The van der Waals surface area contributed by atoms with E-state index >= 15 is 0 Å². The molecule has 13 heteroatoms. The van der Waals surface area contributed by atoms with Gasteiger partial charge in [-0.2, -0.15) is 10.2 Å². The predicted octanol–water partition coefficient (Wildman–Crippen LogP) is 4.85. The van der Waals surface area contributed by atoms with Crippen LogP contribution in [0.1, 0.15) is 26.5 Å². The molecule has 10 nitrogen and oxygen atoms in total. The van der Waals surface area contributed by atoms with Crippen molar-refractivity contribution in [3.8, 4) is 22.6 Å². The van der Waals surface area contributed by atoms with Crippen molar-refractivity contribution in [2.45, 2.75) is 45.8 Å². The molecule has 0 aliphatic rings. The van der Waals surface area contributed by atoms with Gasteiger partial charge >= 0.3 is 12.5 Å². The number of hydrogen-bond acceptors (Lipinski definition) is 7. The summed E-state index contributed by atoms with van der Waals surface area (Å²) >= 11 is 0. The molecule has 3 aromatic heterocycles. The van der Waals surface area contributed by atoms with Crippen molar-refractivity contribution in [3.05, 3.63) is 54.6 Å². The zero-order valence-electron chi connectivity index (χ0n) is 21.2. The van der Waals surface area contributed by atoms with Crippen molar-refractivity contribution in [1.29, 1.82) is 0 Å². The molecule has 1 N–H and O–H groups in total. The van der Waals surface area contributed by atoms with E-state index in [-0.39, 0.29) is 12.3 Å². The smallest absolute Gasteiger partial charge is 0.444 e. The molecule has 0 atom stereocenters. The average Bonchev–Trinajstić information content (AvgIpc) is 3.45. The van der Waals surface area contributed by atoms with Crippen LogP contribution in [-0.4, -0.2) is 56.3 Å². The first-order valence-corrected chi connectivity index (χ1v) is 11.6. The van der Waals surface area contributed by atoms with Crippen LogP contribution in [0.2, 0.25) is 0 Å². The Kier molecular flexibility index (Phi) is 7.58. The number of amides is 1. The molecule has 3 heterocycles. The number of nitrogens with one attached hydrogen (secondary N) is 1. The van der Waals surface area contributed by atoms with Gasteiger partial charge in [0, 0.05) is 25.1 Å². The van der Waals surface area contributed by atoms with E-state index in [2.05, 4.69) is 25.2 Å². The van der Waals surface area contributed by atoms with Crippen molar-refractivity contribution in [2.24, 2.45) is 0 Å². The number of fused-ring (bicyclic) bond motifs is 1. The van der Waals surface area contributed by atoms with Crippen LogP contribution in [0.15, 0.2) is 48.9 Å². The highest BCUT2D eigenvalue weighted by Gasteiger charge is 2.31. The highest BCUT2D eigenvalue weighted by Crippen LogP contribution is 2.32. The highest BCUT2D eigenvalue weighted by molar-refractivity contribution is 5.95. The fourth-order valence-corrected chi connectivity index (χ4v) is 3.73. The number of carbonyl (C=O) groups excluding carboxylic acids is 1. The molecule has 0 radical (unpaired) electrons. The lowest BCUT2D eigenvalue weighted by atomic mass is 10.1. The van der Waals surface area contributed by atoms with Gasteiger partial charge in [0.15, 0.2) is 5.65 Å². The third-order valence-electron chi connectivity index (χ3n) is 5.22. The van der Waals surface area contributed by atoms with Gasteiger partial charge in [0.05, 0.1) is 42.7 Å². The Morgan fingerprint density at radius 2 is 1.84 bits per heavy atom. The predicted molar refractivity (Wildman–Crippen MR) is 132 cm³/mol. The highest BCUT2D eigenvalue weighted by atomic mass is 19.4. The Balaban J connectivity index is 1.75. The number of benzene rings is 1. The Hall–Kier alpha value is -4.13. The fraction of sp³-hybridized carbons (Fsp3) is 0.360. The topological polar surface area (TPSA) is 105 Å². The molecule has 0 fully saturated rings. The van der Waals surface area contributed by atoms with Crippen molar-refractivity contribution < 1.29 is 32.2 Å². The Labute approximate surface area is 216 Å². The Morgan fingerprint density at radius 1 is 1.11 bits per heavy atom. The van der Waals surface area contributed by atoms with Crippen LogP contribution in [0.25, 0.3) is 27.8 Å². The first kappa shape index (κ1) is 26.9. The zero-order chi connectivity index (χ0) is 27.5. The maximum absolute atomic E-state index is 12.6. The largest absolute Gasteiger partial charge is 0.573 e. The summed E-state index contributed by atoms with van der Waals surface area (Å²) in [5, 5.41) is 12.4. The summed E-state index contributed by atoms with van der Waals surface area (Å²) in [6.45, 7) is 6.34. The minimum Gasteiger partial charge on any atom is -0.444 e. The number of pyridine rings is 1. The standard InChI is InChI=1S/C25H27F3N6O4/c1-24(2,3)38-23(35)30-14-20-21-19(16-13-31-33(15-16)11-12-36-4)9-10-29-22(21)34(32-20)17-5-7-18(8-6-17)37-25(26,27)28/h5-10,13,15H,11-12,14H2,1-4H3,(H,30,35). The molecule has 38 heavy (non-hydrogen) atoms. The van der Waals surface area contributed by atoms with Crippen molar-refractivity contribution in [2.75, 3.05) is 13.7 Å². The number of carbonyl (C=O) groups is 1. The van der Waals surface area contributed by atoms with E-state index in [0.29, 0.717) is 35.6 Å². The lowest BCUT2D eigenvalue weighted by Crippen LogP contribution is -2.32. The van der Waals surface area contributed by atoms with Gasteiger partial charge in [-0.25, -0.2) is 14.5 Å². The summed E-state index contributed by atoms with van der Waals surface area (Å²) in [6, 6.07) is 7.08. The number of rotatable bonds is 8. The van der Waals surface area contributed by atoms with Crippen LogP contribution in [0, 0.1) is 0 Å². The third-order valence-corrected chi connectivity index (χ3v) is 5.22. The monoisotopic (exact) mass is 532 g/mol. The van der Waals surface area contributed by atoms with Gasteiger partial charge in [-0.15, -0.1) is 13.2 Å².